The van der Waals surface area contributed by atoms with Gasteiger partial charge in [-0.25, -0.2) is 4.98 Å². The second-order valence-electron chi connectivity index (χ2n) is 6.67. The monoisotopic (exact) mass is 445 g/mol. The normalized spacial score (nSPS) is 11.0. The summed E-state index contributed by atoms with van der Waals surface area (Å²) in [5.74, 6) is -0.0593. The van der Waals surface area contributed by atoms with E-state index >= 15 is 0 Å². The molecule has 0 atom stereocenters. The summed E-state index contributed by atoms with van der Waals surface area (Å²) in [7, 11) is 0. The van der Waals surface area contributed by atoms with E-state index in [0.717, 1.165) is 5.56 Å². The maximum atomic E-state index is 13.0. The molecular formula is C22H24ClN3O3S. The first-order valence-electron chi connectivity index (χ1n) is 9.76. The second kappa shape index (κ2) is 10.6. The first-order valence-corrected chi connectivity index (χ1v) is 11.1. The van der Waals surface area contributed by atoms with Crippen LogP contribution in [0.1, 0.15) is 18.9 Å². The van der Waals surface area contributed by atoms with E-state index < -0.39 is 0 Å². The average molecular weight is 446 g/mol. The molecule has 0 spiro atoms. The quantitative estimate of drug-likeness (QED) is 0.298. The molecule has 1 N–H and O–H groups in total. The number of benzene rings is 2. The fraction of sp³-hybridized carbons (Fsp3) is 0.318. The first kappa shape index (κ1) is 22.3. The van der Waals surface area contributed by atoms with Gasteiger partial charge < -0.3 is 10.1 Å². The van der Waals surface area contributed by atoms with Gasteiger partial charge in [-0.1, -0.05) is 41.6 Å². The van der Waals surface area contributed by atoms with Crippen LogP contribution in [0.3, 0.4) is 0 Å². The number of hydrogen-bond acceptors (Lipinski definition) is 5. The number of anilines is 1. The fourth-order valence-electron chi connectivity index (χ4n) is 2.98. The smallest absolute Gasteiger partial charge is 0.262 e. The van der Waals surface area contributed by atoms with Crippen molar-refractivity contribution in [2.24, 2.45) is 0 Å². The topological polar surface area (TPSA) is 73.2 Å². The standard InChI is InChI=1S/C22H24ClN3O3S/c1-3-29-13-7-12-26-21(28)16-8-4-5-10-19(16)25-22(26)30-14-20(27)24-18-11-6-9-17(23)15(18)2/h4-6,8-11H,3,7,12-14H2,1-2H3,(H,24,27). The van der Waals surface area contributed by atoms with E-state index in [1.165, 1.54) is 11.8 Å². The molecule has 0 fully saturated rings. The molecule has 30 heavy (non-hydrogen) atoms. The summed E-state index contributed by atoms with van der Waals surface area (Å²) in [5, 5.41) is 4.56. The number of rotatable bonds is 9. The largest absolute Gasteiger partial charge is 0.382 e. The van der Waals surface area contributed by atoms with Gasteiger partial charge in [-0.15, -0.1) is 0 Å². The van der Waals surface area contributed by atoms with Crippen LogP contribution in [0, 0.1) is 6.92 Å². The van der Waals surface area contributed by atoms with Crippen LogP contribution in [0.15, 0.2) is 52.4 Å². The van der Waals surface area contributed by atoms with E-state index in [2.05, 4.69) is 10.3 Å². The Morgan fingerprint density at radius 2 is 2.03 bits per heavy atom. The average Bonchev–Trinajstić information content (AvgIpc) is 2.74. The number of nitrogens with zero attached hydrogens (tertiary/aromatic N) is 2. The van der Waals surface area contributed by atoms with Gasteiger partial charge in [-0.3, -0.25) is 14.2 Å². The van der Waals surface area contributed by atoms with Crippen molar-refractivity contribution in [1.82, 2.24) is 9.55 Å². The zero-order valence-corrected chi connectivity index (χ0v) is 18.6. The van der Waals surface area contributed by atoms with E-state index in [1.54, 1.807) is 28.8 Å². The lowest BCUT2D eigenvalue weighted by Crippen LogP contribution is -2.25. The van der Waals surface area contributed by atoms with Crippen molar-refractivity contribution in [2.45, 2.75) is 32.0 Å². The molecule has 0 radical (unpaired) electrons. The van der Waals surface area contributed by atoms with Crippen LogP contribution < -0.4 is 10.9 Å². The van der Waals surface area contributed by atoms with Crippen molar-refractivity contribution in [1.29, 1.82) is 0 Å². The minimum Gasteiger partial charge on any atom is -0.382 e. The summed E-state index contributed by atoms with van der Waals surface area (Å²) in [5.41, 5.74) is 2.01. The fourth-order valence-corrected chi connectivity index (χ4v) is 3.98. The SMILES string of the molecule is CCOCCCn1c(SCC(=O)Nc2cccc(Cl)c2C)nc2ccccc2c1=O. The molecule has 1 aromatic heterocycles. The summed E-state index contributed by atoms with van der Waals surface area (Å²) in [6.07, 6.45) is 0.690. The zero-order chi connectivity index (χ0) is 21.5. The highest BCUT2D eigenvalue weighted by Gasteiger charge is 2.14. The van der Waals surface area contributed by atoms with Gasteiger partial charge in [0.05, 0.1) is 16.7 Å². The highest BCUT2D eigenvalue weighted by Crippen LogP contribution is 2.24. The van der Waals surface area contributed by atoms with Crippen LogP contribution in [0.4, 0.5) is 5.69 Å². The van der Waals surface area contributed by atoms with Crippen molar-refractivity contribution in [2.75, 3.05) is 24.3 Å². The van der Waals surface area contributed by atoms with Gasteiger partial charge in [-0.2, -0.15) is 0 Å². The van der Waals surface area contributed by atoms with Gasteiger partial charge in [0.2, 0.25) is 5.91 Å². The molecule has 0 saturated heterocycles. The van der Waals surface area contributed by atoms with Gasteiger partial charge >= 0.3 is 0 Å². The molecule has 8 heteroatoms. The predicted octanol–water partition coefficient (Wildman–Crippen LogP) is 4.52. The van der Waals surface area contributed by atoms with Gasteiger partial charge in [0.25, 0.3) is 5.56 Å². The summed E-state index contributed by atoms with van der Waals surface area (Å²) in [6.45, 7) is 5.47. The number of carbonyl (C=O) groups is 1. The molecule has 0 saturated carbocycles. The molecular weight excluding hydrogens is 422 g/mol. The van der Waals surface area contributed by atoms with Crippen molar-refractivity contribution < 1.29 is 9.53 Å². The van der Waals surface area contributed by atoms with E-state index in [-0.39, 0.29) is 17.2 Å². The summed E-state index contributed by atoms with van der Waals surface area (Å²) in [4.78, 5) is 30.1. The van der Waals surface area contributed by atoms with Crippen molar-refractivity contribution in [3.63, 3.8) is 0 Å². The number of carbonyl (C=O) groups excluding carboxylic acids is 1. The van der Waals surface area contributed by atoms with E-state index in [9.17, 15) is 9.59 Å². The Morgan fingerprint density at radius 1 is 1.23 bits per heavy atom. The highest BCUT2D eigenvalue weighted by molar-refractivity contribution is 7.99. The van der Waals surface area contributed by atoms with Crippen molar-refractivity contribution >= 4 is 45.9 Å². The Kier molecular flexibility index (Phi) is 7.90. The Morgan fingerprint density at radius 3 is 2.83 bits per heavy atom. The van der Waals surface area contributed by atoms with E-state index in [0.29, 0.717) is 52.9 Å². The number of thioether (sulfide) groups is 1. The summed E-state index contributed by atoms with van der Waals surface area (Å²) in [6, 6.07) is 12.6. The number of aromatic nitrogens is 2. The third kappa shape index (κ3) is 5.41. The van der Waals surface area contributed by atoms with Crippen LogP contribution in [-0.4, -0.2) is 34.4 Å². The maximum Gasteiger partial charge on any atom is 0.262 e. The molecule has 0 aliphatic heterocycles. The molecule has 3 rings (SSSR count). The Bertz CT molecular complexity index is 1100. The number of hydrogen-bond donors (Lipinski definition) is 1. The zero-order valence-electron chi connectivity index (χ0n) is 17.0. The number of halogens is 1. The van der Waals surface area contributed by atoms with E-state index in [4.69, 9.17) is 16.3 Å². The third-order valence-electron chi connectivity index (χ3n) is 4.58. The van der Waals surface area contributed by atoms with Crippen LogP contribution in [0.5, 0.6) is 0 Å². The lowest BCUT2D eigenvalue weighted by Gasteiger charge is -2.13. The number of para-hydroxylation sites is 1. The number of amides is 1. The molecule has 1 amide bonds. The summed E-state index contributed by atoms with van der Waals surface area (Å²) >= 11 is 7.36. The number of nitrogens with one attached hydrogen (secondary N) is 1. The predicted molar refractivity (Wildman–Crippen MR) is 123 cm³/mol. The number of ether oxygens (including phenoxy) is 1. The van der Waals surface area contributed by atoms with Gasteiger partial charge in [0, 0.05) is 30.5 Å². The second-order valence-corrected chi connectivity index (χ2v) is 8.02. The molecule has 6 nitrogen and oxygen atoms in total. The van der Waals surface area contributed by atoms with Gasteiger partial charge in [-0.05, 0) is 50.1 Å². The third-order valence-corrected chi connectivity index (χ3v) is 5.96. The lowest BCUT2D eigenvalue weighted by atomic mass is 10.2. The Hall–Kier alpha value is -2.35. The number of fused-ring (bicyclic) bond motifs is 1. The molecule has 158 valence electrons. The van der Waals surface area contributed by atoms with Crippen molar-refractivity contribution in [3.8, 4) is 0 Å². The maximum absolute atomic E-state index is 13.0. The minimum absolute atomic E-state index is 0.106. The van der Waals surface area contributed by atoms with Gasteiger partial charge in [0.15, 0.2) is 5.16 Å². The summed E-state index contributed by atoms with van der Waals surface area (Å²) < 4.78 is 7.02. The molecule has 0 bridgehead atoms. The first-order chi connectivity index (χ1) is 14.5. The molecule has 1 heterocycles. The Labute approximate surface area is 184 Å². The molecule has 3 aromatic rings. The van der Waals surface area contributed by atoms with Crippen LogP contribution in [-0.2, 0) is 16.1 Å². The lowest BCUT2D eigenvalue weighted by molar-refractivity contribution is -0.113. The molecule has 0 aliphatic carbocycles. The molecule has 0 aliphatic rings. The van der Waals surface area contributed by atoms with Crippen LogP contribution >= 0.6 is 23.4 Å². The van der Waals surface area contributed by atoms with Crippen LogP contribution in [0.25, 0.3) is 10.9 Å². The van der Waals surface area contributed by atoms with Gasteiger partial charge in [0.1, 0.15) is 0 Å². The van der Waals surface area contributed by atoms with Crippen LogP contribution in [0.2, 0.25) is 5.02 Å². The Balaban J connectivity index is 1.78. The highest BCUT2D eigenvalue weighted by atomic mass is 35.5. The minimum atomic E-state index is -0.186. The molecule has 0 unspecified atom stereocenters. The van der Waals surface area contributed by atoms with E-state index in [1.807, 2.05) is 32.0 Å². The van der Waals surface area contributed by atoms with Crippen molar-refractivity contribution in [3.05, 3.63) is 63.4 Å². The molecule has 2 aromatic carbocycles.